The molecule has 0 saturated carbocycles. The summed E-state index contributed by atoms with van der Waals surface area (Å²) in [6.07, 6.45) is 3.57. The largest absolute Gasteiger partial charge is 0.272 e. The molecule has 8 heteroatoms. The van der Waals surface area contributed by atoms with Gasteiger partial charge in [0.25, 0.3) is 5.91 Å². The van der Waals surface area contributed by atoms with Crippen molar-refractivity contribution < 1.29 is 13.2 Å². The molecule has 7 nitrogen and oxygen atoms in total. The van der Waals surface area contributed by atoms with E-state index in [0.29, 0.717) is 10.9 Å². The highest BCUT2D eigenvalue weighted by molar-refractivity contribution is 7.89. The number of amides is 1. The van der Waals surface area contributed by atoms with Crippen LogP contribution in [0.15, 0.2) is 71.8 Å². The molecule has 0 saturated heterocycles. The van der Waals surface area contributed by atoms with Crippen LogP contribution in [0.3, 0.4) is 0 Å². The summed E-state index contributed by atoms with van der Waals surface area (Å²) in [6.45, 7) is 1.82. The SMILES string of the molecule is CCN(C#N)C(=O)C(Cc1ccccc1)NS(=O)(=O)c1ccc2ncccc2c1. The van der Waals surface area contributed by atoms with Crippen molar-refractivity contribution in [1.82, 2.24) is 14.6 Å². The summed E-state index contributed by atoms with van der Waals surface area (Å²) in [6, 6.07) is 16.0. The Morgan fingerprint density at radius 1 is 1.17 bits per heavy atom. The van der Waals surface area contributed by atoms with E-state index in [0.717, 1.165) is 10.5 Å². The van der Waals surface area contributed by atoms with Gasteiger partial charge in [0.2, 0.25) is 10.0 Å². The second kappa shape index (κ2) is 8.82. The molecule has 0 spiro atoms. The van der Waals surface area contributed by atoms with Gasteiger partial charge in [-0.15, -0.1) is 0 Å². The molecule has 2 aromatic carbocycles. The quantitative estimate of drug-likeness (QED) is 0.478. The summed E-state index contributed by atoms with van der Waals surface area (Å²) in [4.78, 5) is 18.0. The predicted octanol–water partition coefficient (Wildman–Crippen LogP) is 2.45. The number of hydrogen-bond acceptors (Lipinski definition) is 5. The molecule has 0 bridgehead atoms. The monoisotopic (exact) mass is 408 g/mol. The average Bonchev–Trinajstić information content (AvgIpc) is 2.74. The van der Waals surface area contributed by atoms with Crippen LogP contribution in [0.25, 0.3) is 10.9 Å². The molecule has 0 aliphatic rings. The number of carbonyl (C=O) groups is 1. The van der Waals surface area contributed by atoms with E-state index in [1.165, 1.54) is 12.1 Å². The van der Waals surface area contributed by atoms with Crippen molar-refractivity contribution in [1.29, 1.82) is 5.26 Å². The fourth-order valence-electron chi connectivity index (χ4n) is 2.97. The molecule has 3 aromatic rings. The van der Waals surface area contributed by atoms with Crippen LogP contribution in [0, 0.1) is 11.5 Å². The molecule has 148 valence electrons. The van der Waals surface area contributed by atoms with Crippen molar-refractivity contribution in [3.63, 3.8) is 0 Å². The van der Waals surface area contributed by atoms with E-state index in [4.69, 9.17) is 0 Å². The number of pyridine rings is 1. The van der Waals surface area contributed by atoms with Crippen molar-refractivity contribution in [2.75, 3.05) is 6.54 Å². The maximum absolute atomic E-state index is 13.0. The minimum absolute atomic E-state index is 0.0314. The minimum atomic E-state index is -4.00. The maximum atomic E-state index is 13.0. The number of nitrogens with one attached hydrogen (secondary N) is 1. The van der Waals surface area contributed by atoms with Crippen molar-refractivity contribution in [3.8, 4) is 6.19 Å². The average molecular weight is 408 g/mol. The fraction of sp³-hybridized carbons (Fsp3) is 0.190. The summed E-state index contributed by atoms with van der Waals surface area (Å²) < 4.78 is 28.5. The molecule has 1 amide bonds. The first kappa shape index (κ1) is 20.5. The van der Waals surface area contributed by atoms with Crippen LogP contribution < -0.4 is 4.72 Å². The molecule has 1 atom stereocenters. The zero-order valence-corrected chi connectivity index (χ0v) is 16.6. The Morgan fingerprint density at radius 2 is 1.93 bits per heavy atom. The lowest BCUT2D eigenvalue weighted by atomic mass is 10.1. The number of hydrogen-bond donors (Lipinski definition) is 1. The number of likely N-dealkylation sites (N-methyl/N-ethyl adjacent to an activating group) is 1. The van der Waals surface area contributed by atoms with Crippen molar-refractivity contribution >= 4 is 26.8 Å². The number of rotatable bonds is 7. The van der Waals surface area contributed by atoms with Gasteiger partial charge in [-0.2, -0.15) is 9.98 Å². The van der Waals surface area contributed by atoms with Gasteiger partial charge in [-0.05, 0) is 43.2 Å². The standard InChI is InChI=1S/C21H20N4O3S/c1-2-25(15-22)21(26)20(13-16-7-4-3-5-8-16)24-29(27,28)18-10-11-19-17(14-18)9-6-12-23-19/h3-12,14,20,24H,2,13H2,1H3. The molecule has 0 fully saturated rings. The summed E-state index contributed by atoms with van der Waals surface area (Å²) in [5, 5.41) is 9.89. The van der Waals surface area contributed by atoms with Crippen LogP contribution in [-0.4, -0.2) is 36.8 Å². The molecular formula is C21H20N4O3S. The van der Waals surface area contributed by atoms with Gasteiger partial charge in [-0.1, -0.05) is 36.4 Å². The number of carbonyl (C=O) groups excluding carboxylic acids is 1. The maximum Gasteiger partial charge on any atom is 0.254 e. The minimum Gasteiger partial charge on any atom is -0.272 e. The highest BCUT2D eigenvalue weighted by Gasteiger charge is 2.29. The smallest absolute Gasteiger partial charge is 0.254 e. The van der Waals surface area contributed by atoms with E-state index in [1.54, 1.807) is 43.5 Å². The van der Waals surface area contributed by atoms with Crippen LogP contribution in [-0.2, 0) is 21.2 Å². The predicted molar refractivity (Wildman–Crippen MR) is 109 cm³/mol. The molecule has 1 aromatic heterocycles. The number of nitrogens with zero attached hydrogens (tertiary/aromatic N) is 3. The number of sulfonamides is 1. The normalized spacial score (nSPS) is 12.3. The van der Waals surface area contributed by atoms with E-state index >= 15 is 0 Å². The van der Waals surface area contributed by atoms with Gasteiger partial charge in [-0.3, -0.25) is 9.78 Å². The molecule has 0 aliphatic carbocycles. The highest BCUT2D eigenvalue weighted by Crippen LogP contribution is 2.18. The molecule has 1 heterocycles. The summed E-state index contributed by atoms with van der Waals surface area (Å²) in [7, 11) is -4.00. The van der Waals surface area contributed by atoms with Crippen LogP contribution in [0.1, 0.15) is 12.5 Å². The van der Waals surface area contributed by atoms with Gasteiger partial charge >= 0.3 is 0 Å². The Bertz CT molecular complexity index is 1160. The van der Waals surface area contributed by atoms with Crippen molar-refractivity contribution in [2.24, 2.45) is 0 Å². The van der Waals surface area contributed by atoms with Crippen molar-refractivity contribution in [2.45, 2.75) is 24.3 Å². The highest BCUT2D eigenvalue weighted by atomic mass is 32.2. The van der Waals surface area contributed by atoms with Crippen LogP contribution in [0.4, 0.5) is 0 Å². The Hall–Kier alpha value is -3.28. The van der Waals surface area contributed by atoms with E-state index in [1.807, 2.05) is 24.4 Å². The fourth-order valence-corrected chi connectivity index (χ4v) is 4.19. The number of fused-ring (bicyclic) bond motifs is 1. The molecule has 29 heavy (non-hydrogen) atoms. The molecule has 3 rings (SSSR count). The van der Waals surface area contributed by atoms with Gasteiger partial charge < -0.3 is 0 Å². The third-order valence-electron chi connectivity index (χ3n) is 4.47. The number of nitriles is 1. The first-order chi connectivity index (χ1) is 13.9. The number of benzene rings is 2. The Morgan fingerprint density at radius 3 is 2.62 bits per heavy atom. The van der Waals surface area contributed by atoms with E-state index in [9.17, 15) is 18.5 Å². The summed E-state index contributed by atoms with van der Waals surface area (Å²) in [5.74, 6) is -0.593. The third kappa shape index (κ3) is 4.77. The molecule has 1 unspecified atom stereocenters. The summed E-state index contributed by atoms with van der Waals surface area (Å²) >= 11 is 0. The lowest BCUT2D eigenvalue weighted by Crippen LogP contribution is -2.48. The summed E-state index contributed by atoms with van der Waals surface area (Å²) in [5.41, 5.74) is 1.45. The third-order valence-corrected chi connectivity index (χ3v) is 5.94. The van der Waals surface area contributed by atoms with Gasteiger partial charge in [0, 0.05) is 18.1 Å². The van der Waals surface area contributed by atoms with Crippen LogP contribution in [0.5, 0.6) is 0 Å². The lowest BCUT2D eigenvalue weighted by Gasteiger charge is -2.22. The van der Waals surface area contributed by atoms with E-state index < -0.39 is 22.0 Å². The molecule has 1 N–H and O–H groups in total. The number of aromatic nitrogens is 1. The first-order valence-corrected chi connectivity index (χ1v) is 10.5. The Kier molecular flexibility index (Phi) is 6.22. The lowest BCUT2D eigenvalue weighted by molar-refractivity contribution is -0.129. The first-order valence-electron chi connectivity index (χ1n) is 9.06. The molecular weight excluding hydrogens is 388 g/mol. The van der Waals surface area contributed by atoms with E-state index in [-0.39, 0.29) is 17.9 Å². The van der Waals surface area contributed by atoms with Crippen LogP contribution in [0.2, 0.25) is 0 Å². The topological polar surface area (TPSA) is 103 Å². The van der Waals surface area contributed by atoms with Crippen molar-refractivity contribution in [3.05, 3.63) is 72.4 Å². The van der Waals surface area contributed by atoms with Gasteiger partial charge in [0.1, 0.15) is 6.04 Å². The van der Waals surface area contributed by atoms with E-state index in [2.05, 4.69) is 9.71 Å². The molecule has 0 radical (unpaired) electrons. The zero-order chi connectivity index (χ0) is 20.9. The molecule has 0 aliphatic heterocycles. The zero-order valence-electron chi connectivity index (χ0n) is 15.8. The second-order valence-corrected chi connectivity index (χ2v) is 8.12. The Labute approximate surface area is 169 Å². The second-order valence-electron chi connectivity index (χ2n) is 6.40. The van der Waals surface area contributed by atoms with Gasteiger partial charge in [-0.25, -0.2) is 13.3 Å². The van der Waals surface area contributed by atoms with Gasteiger partial charge in [0.15, 0.2) is 6.19 Å². The van der Waals surface area contributed by atoms with Gasteiger partial charge in [0.05, 0.1) is 10.4 Å². The Balaban J connectivity index is 1.94. The van der Waals surface area contributed by atoms with Crippen LogP contribution >= 0.6 is 0 Å².